The molecule has 1 fully saturated rings. The fourth-order valence-electron chi connectivity index (χ4n) is 2.18. The molecule has 86 valence electrons. The highest BCUT2D eigenvalue weighted by atomic mass is 16.2. The molecule has 1 aromatic rings. The molecule has 0 radical (unpaired) electrons. The second-order valence-electron chi connectivity index (χ2n) is 4.43. The molecule has 0 spiro atoms. The van der Waals surface area contributed by atoms with E-state index < -0.39 is 0 Å². The van der Waals surface area contributed by atoms with Gasteiger partial charge in [0.15, 0.2) is 0 Å². The molecule has 1 heterocycles. The Morgan fingerprint density at radius 1 is 1.06 bits per heavy atom. The summed E-state index contributed by atoms with van der Waals surface area (Å²) >= 11 is 0. The number of nitrogens with zero attached hydrogens (tertiary/aromatic N) is 1. The quantitative estimate of drug-likeness (QED) is 0.762. The number of benzene rings is 1. The van der Waals surface area contributed by atoms with Gasteiger partial charge in [-0.2, -0.15) is 0 Å². The first-order chi connectivity index (χ1) is 7.86. The summed E-state index contributed by atoms with van der Waals surface area (Å²) in [6.07, 6.45) is 5.16. The van der Waals surface area contributed by atoms with Crippen molar-refractivity contribution < 1.29 is 4.79 Å². The van der Waals surface area contributed by atoms with Crippen molar-refractivity contribution in [3.63, 3.8) is 0 Å². The molecule has 1 amide bonds. The summed E-state index contributed by atoms with van der Waals surface area (Å²) in [7, 11) is 0. The summed E-state index contributed by atoms with van der Waals surface area (Å²) in [4.78, 5) is 13.8. The van der Waals surface area contributed by atoms with Crippen molar-refractivity contribution in [2.24, 2.45) is 0 Å². The summed E-state index contributed by atoms with van der Waals surface area (Å²) in [5.41, 5.74) is 1.32. The van der Waals surface area contributed by atoms with E-state index in [0.717, 1.165) is 32.4 Å². The molecule has 0 aliphatic carbocycles. The van der Waals surface area contributed by atoms with Crippen LogP contribution in [-0.4, -0.2) is 23.9 Å². The topological polar surface area (TPSA) is 20.3 Å². The number of hydrogen-bond donors (Lipinski definition) is 0. The molecule has 0 bridgehead atoms. The average molecular weight is 217 g/mol. The van der Waals surface area contributed by atoms with Crippen molar-refractivity contribution in [2.75, 3.05) is 13.1 Å². The minimum atomic E-state index is 0.341. The lowest BCUT2D eigenvalue weighted by molar-refractivity contribution is -0.130. The van der Waals surface area contributed by atoms with Gasteiger partial charge in [-0.25, -0.2) is 0 Å². The van der Waals surface area contributed by atoms with Gasteiger partial charge in [0, 0.05) is 19.5 Å². The fraction of sp³-hybridized carbons (Fsp3) is 0.500. The molecular weight excluding hydrogens is 198 g/mol. The third kappa shape index (κ3) is 3.09. The number of carbonyl (C=O) groups is 1. The minimum absolute atomic E-state index is 0.341. The van der Waals surface area contributed by atoms with Crippen LogP contribution < -0.4 is 0 Å². The average Bonchev–Trinajstić information content (AvgIpc) is 2.53. The lowest BCUT2D eigenvalue weighted by atomic mass is 10.1. The zero-order chi connectivity index (χ0) is 11.2. The van der Waals surface area contributed by atoms with Gasteiger partial charge in [0.25, 0.3) is 0 Å². The smallest absolute Gasteiger partial charge is 0.222 e. The second-order valence-corrected chi connectivity index (χ2v) is 4.43. The number of amides is 1. The van der Waals surface area contributed by atoms with Crippen LogP contribution in [0.3, 0.4) is 0 Å². The van der Waals surface area contributed by atoms with Gasteiger partial charge in [-0.1, -0.05) is 36.8 Å². The molecule has 1 aliphatic heterocycles. The van der Waals surface area contributed by atoms with Crippen LogP contribution in [0.15, 0.2) is 30.3 Å². The number of likely N-dealkylation sites (tertiary alicyclic amines) is 1. The van der Waals surface area contributed by atoms with Crippen LogP contribution in [0.1, 0.15) is 31.2 Å². The van der Waals surface area contributed by atoms with Gasteiger partial charge in [0.1, 0.15) is 0 Å². The highest BCUT2D eigenvalue weighted by Gasteiger charge is 2.15. The Kier molecular flexibility index (Phi) is 3.97. The maximum atomic E-state index is 11.8. The van der Waals surface area contributed by atoms with Crippen LogP contribution in [0.2, 0.25) is 0 Å². The lowest BCUT2D eigenvalue weighted by Crippen LogP contribution is -2.32. The molecule has 0 N–H and O–H groups in total. The fourth-order valence-corrected chi connectivity index (χ4v) is 2.18. The van der Waals surface area contributed by atoms with Gasteiger partial charge in [0.2, 0.25) is 5.91 Å². The van der Waals surface area contributed by atoms with E-state index in [2.05, 4.69) is 24.3 Å². The van der Waals surface area contributed by atoms with E-state index in [-0.39, 0.29) is 0 Å². The minimum Gasteiger partial charge on any atom is -0.342 e. The molecule has 2 nitrogen and oxygen atoms in total. The van der Waals surface area contributed by atoms with Gasteiger partial charge >= 0.3 is 0 Å². The van der Waals surface area contributed by atoms with E-state index in [4.69, 9.17) is 0 Å². The summed E-state index contributed by atoms with van der Waals surface area (Å²) in [6.45, 7) is 1.83. The van der Waals surface area contributed by atoms with Crippen molar-refractivity contribution in [1.82, 2.24) is 4.90 Å². The van der Waals surface area contributed by atoms with E-state index in [0.29, 0.717) is 5.91 Å². The van der Waals surface area contributed by atoms with Crippen LogP contribution in [0.4, 0.5) is 0 Å². The first-order valence-electron chi connectivity index (χ1n) is 6.18. The number of carbonyl (C=O) groups excluding carboxylic acids is 1. The Morgan fingerprint density at radius 2 is 1.88 bits per heavy atom. The van der Waals surface area contributed by atoms with E-state index in [1.54, 1.807) is 0 Å². The third-order valence-corrected chi connectivity index (χ3v) is 3.18. The molecule has 0 atom stereocenters. The van der Waals surface area contributed by atoms with E-state index in [9.17, 15) is 4.79 Å². The SMILES string of the molecule is O=C1CCCCCN1CCc1ccccc1. The molecule has 1 saturated heterocycles. The van der Waals surface area contributed by atoms with Gasteiger partial charge in [-0.05, 0) is 24.8 Å². The molecule has 1 aliphatic rings. The van der Waals surface area contributed by atoms with Gasteiger partial charge in [0.05, 0.1) is 0 Å². The van der Waals surface area contributed by atoms with Crippen LogP contribution >= 0.6 is 0 Å². The molecule has 0 unspecified atom stereocenters. The predicted octanol–water partition coefficient (Wildman–Crippen LogP) is 2.63. The molecule has 2 rings (SSSR count). The zero-order valence-electron chi connectivity index (χ0n) is 9.69. The molecule has 0 saturated carbocycles. The highest BCUT2D eigenvalue weighted by Crippen LogP contribution is 2.12. The van der Waals surface area contributed by atoms with Crippen LogP contribution in [-0.2, 0) is 11.2 Å². The third-order valence-electron chi connectivity index (χ3n) is 3.18. The van der Waals surface area contributed by atoms with Crippen molar-refractivity contribution in [1.29, 1.82) is 0 Å². The standard InChI is InChI=1S/C14H19NO/c16-14-9-5-2-6-11-15(14)12-10-13-7-3-1-4-8-13/h1,3-4,7-8H,2,5-6,9-12H2. The van der Waals surface area contributed by atoms with E-state index in [1.807, 2.05) is 11.0 Å². The van der Waals surface area contributed by atoms with Gasteiger partial charge < -0.3 is 4.90 Å². The molecule has 1 aromatic carbocycles. The Hall–Kier alpha value is -1.31. The van der Waals surface area contributed by atoms with Crippen molar-refractivity contribution >= 4 is 5.91 Å². The number of rotatable bonds is 3. The monoisotopic (exact) mass is 217 g/mol. The predicted molar refractivity (Wildman–Crippen MR) is 65.2 cm³/mol. The summed E-state index contributed by atoms with van der Waals surface area (Å²) in [6, 6.07) is 10.4. The van der Waals surface area contributed by atoms with Crippen molar-refractivity contribution in [3.8, 4) is 0 Å². The highest BCUT2D eigenvalue weighted by molar-refractivity contribution is 5.76. The van der Waals surface area contributed by atoms with Crippen LogP contribution in [0, 0.1) is 0 Å². The Morgan fingerprint density at radius 3 is 2.69 bits per heavy atom. The van der Waals surface area contributed by atoms with E-state index >= 15 is 0 Å². The molecule has 16 heavy (non-hydrogen) atoms. The van der Waals surface area contributed by atoms with Gasteiger partial charge in [-0.3, -0.25) is 4.79 Å². The molecule has 2 heteroatoms. The van der Waals surface area contributed by atoms with Crippen molar-refractivity contribution in [2.45, 2.75) is 32.1 Å². The summed E-state index contributed by atoms with van der Waals surface area (Å²) < 4.78 is 0. The van der Waals surface area contributed by atoms with Gasteiger partial charge in [-0.15, -0.1) is 0 Å². The molecule has 0 aromatic heterocycles. The summed E-state index contributed by atoms with van der Waals surface area (Å²) in [5, 5.41) is 0. The van der Waals surface area contributed by atoms with E-state index in [1.165, 1.54) is 18.4 Å². The summed E-state index contributed by atoms with van der Waals surface area (Å²) in [5.74, 6) is 0.341. The zero-order valence-corrected chi connectivity index (χ0v) is 9.69. The van der Waals surface area contributed by atoms with Crippen molar-refractivity contribution in [3.05, 3.63) is 35.9 Å². The lowest BCUT2D eigenvalue weighted by Gasteiger charge is -2.20. The first kappa shape index (κ1) is 11.2. The Balaban J connectivity index is 1.86. The second kappa shape index (κ2) is 5.69. The Bertz CT molecular complexity index is 334. The normalized spacial score (nSPS) is 17.2. The Labute approximate surface area is 97.3 Å². The number of hydrogen-bond acceptors (Lipinski definition) is 1. The maximum Gasteiger partial charge on any atom is 0.222 e. The molecular formula is C14H19NO. The maximum absolute atomic E-state index is 11.8. The van der Waals surface area contributed by atoms with Crippen LogP contribution in [0.25, 0.3) is 0 Å². The largest absolute Gasteiger partial charge is 0.342 e. The van der Waals surface area contributed by atoms with Crippen LogP contribution in [0.5, 0.6) is 0 Å². The first-order valence-corrected chi connectivity index (χ1v) is 6.18.